The summed E-state index contributed by atoms with van der Waals surface area (Å²) in [6.07, 6.45) is 0.414. The van der Waals surface area contributed by atoms with Crippen molar-refractivity contribution in [1.29, 1.82) is 0 Å². The lowest BCUT2D eigenvalue weighted by Gasteiger charge is -2.34. The molecule has 0 spiro atoms. The number of hydrogen-bond acceptors (Lipinski definition) is 3. The molecular formula is C18H27NO3. The van der Waals surface area contributed by atoms with Crippen molar-refractivity contribution in [2.45, 2.75) is 46.1 Å². The Morgan fingerprint density at radius 1 is 1.45 bits per heavy atom. The van der Waals surface area contributed by atoms with Crippen molar-refractivity contribution >= 4 is 5.91 Å². The standard InChI is InChI=1S/C18H27NO3/c1-12(2)15-6-5-13(3)9-17(15)22-11-18(21)19-8-7-14(4)16(20)10-19/h5-6,9,12,14,16,20H,7-8,10-11H2,1-4H3. The summed E-state index contributed by atoms with van der Waals surface area (Å²) in [5.74, 6) is 1.34. The van der Waals surface area contributed by atoms with E-state index in [-0.39, 0.29) is 18.4 Å². The normalized spacial score (nSPS) is 22.0. The number of aliphatic hydroxyl groups is 1. The minimum absolute atomic E-state index is 0.0320. The third-order valence-electron chi connectivity index (χ3n) is 4.41. The average Bonchev–Trinajstić information content (AvgIpc) is 2.47. The number of hydrogen-bond donors (Lipinski definition) is 1. The predicted octanol–water partition coefficient (Wildman–Crippen LogP) is 2.73. The van der Waals surface area contributed by atoms with E-state index in [1.807, 2.05) is 19.9 Å². The number of likely N-dealkylation sites (tertiary alicyclic amines) is 1. The summed E-state index contributed by atoms with van der Waals surface area (Å²) in [7, 11) is 0. The molecule has 2 rings (SSSR count). The molecule has 122 valence electrons. The maximum Gasteiger partial charge on any atom is 0.260 e. The van der Waals surface area contributed by atoms with Crippen LogP contribution in [0.4, 0.5) is 0 Å². The van der Waals surface area contributed by atoms with Crippen molar-refractivity contribution in [3.8, 4) is 5.75 Å². The number of aryl methyl sites for hydroxylation is 1. The number of nitrogens with zero attached hydrogens (tertiary/aromatic N) is 1. The summed E-state index contributed by atoms with van der Waals surface area (Å²) in [6.45, 7) is 9.40. The molecule has 1 amide bonds. The van der Waals surface area contributed by atoms with Gasteiger partial charge in [0.15, 0.2) is 6.61 Å². The Morgan fingerprint density at radius 2 is 2.18 bits per heavy atom. The molecule has 1 saturated heterocycles. The van der Waals surface area contributed by atoms with Gasteiger partial charge in [-0.25, -0.2) is 0 Å². The zero-order valence-corrected chi connectivity index (χ0v) is 14.0. The van der Waals surface area contributed by atoms with Crippen LogP contribution in [0.3, 0.4) is 0 Å². The average molecular weight is 305 g/mol. The van der Waals surface area contributed by atoms with Crippen molar-refractivity contribution in [2.24, 2.45) is 5.92 Å². The highest BCUT2D eigenvalue weighted by atomic mass is 16.5. The van der Waals surface area contributed by atoms with Gasteiger partial charge in [0.25, 0.3) is 5.91 Å². The third-order valence-corrected chi connectivity index (χ3v) is 4.41. The maximum atomic E-state index is 12.3. The summed E-state index contributed by atoms with van der Waals surface area (Å²) >= 11 is 0. The summed E-state index contributed by atoms with van der Waals surface area (Å²) in [4.78, 5) is 14.0. The highest BCUT2D eigenvalue weighted by Crippen LogP contribution is 2.27. The van der Waals surface area contributed by atoms with Gasteiger partial charge in [-0.05, 0) is 42.4 Å². The van der Waals surface area contributed by atoms with Gasteiger partial charge in [-0.2, -0.15) is 0 Å². The van der Waals surface area contributed by atoms with Crippen molar-refractivity contribution < 1.29 is 14.6 Å². The molecule has 22 heavy (non-hydrogen) atoms. The van der Waals surface area contributed by atoms with Crippen molar-refractivity contribution in [2.75, 3.05) is 19.7 Å². The Kier molecular flexibility index (Phi) is 5.46. The molecule has 1 aliphatic heterocycles. The second kappa shape index (κ2) is 7.14. The number of carbonyl (C=O) groups excluding carboxylic acids is 1. The van der Waals surface area contributed by atoms with Gasteiger partial charge in [0.05, 0.1) is 6.10 Å². The van der Waals surface area contributed by atoms with E-state index >= 15 is 0 Å². The molecular weight excluding hydrogens is 278 g/mol. The third kappa shape index (κ3) is 4.01. The number of rotatable bonds is 4. The highest BCUT2D eigenvalue weighted by molar-refractivity contribution is 5.78. The number of aliphatic hydroxyl groups excluding tert-OH is 1. The van der Waals surface area contributed by atoms with Crippen LogP contribution in [0.1, 0.15) is 44.2 Å². The molecule has 1 aromatic rings. The van der Waals surface area contributed by atoms with Gasteiger partial charge in [0, 0.05) is 13.1 Å². The monoisotopic (exact) mass is 305 g/mol. The van der Waals surface area contributed by atoms with Crippen molar-refractivity contribution in [1.82, 2.24) is 4.90 Å². The summed E-state index contributed by atoms with van der Waals surface area (Å²) in [5, 5.41) is 9.90. The molecule has 4 nitrogen and oxygen atoms in total. The first-order chi connectivity index (χ1) is 10.4. The van der Waals surface area contributed by atoms with E-state index in [0.717, 1.165) is 23.3 Å². The SMILES string of the molecule is Cc1ccc(C(C)C)c(OCC(=O)N2CCC(C)C(O)C2)c1. The summed E-state index contributed by atoms with van der Waals surface area (Å²) < 4.78 is 5.78. The van der Waals surface area contributed by atoms with E-state index in [0.29, 0.717) is 19.0 Å². The molecule has 0 saturated carbocycles. The summed E-state index contributed by atoms with van der Waals surface area (Å²) in [6, 6.07) is 6.11. The van der Waals surface area contributed by atoms with E-state index in [1.165, 1.54) is 0 Å². The van der Waals surface area contributed by atoms with E-state index in [4.69, 9.17) is 4.74 Å². The van der Waals surface area contributed by atoms with Crippen LogP contribution >= 0.6 is 0 Å². The molecule has 1 aliphatic rings. The van der Waals surface area contributed by atoms with Crippen LogP contribution < -0.4 is 4.74 Å². The topological polar surface area (TPSA) is 49.8 Å². The van der Waals surface area contributed by atoms with Gasteiger partial charge >= 0.3 is 0 Å². The fourth-order valence-electron chi connectivity index (χ4n) is 2.75. The molecule has 2 unspecified atom stereocenters. The fourth-order valence-corrected chi connectivity index (χ4v) is 2.75. The zero-order chi connectivity index (χ0) is 16.3. The first-order valence-electron chi connectivity index (χ1n) is 8.07. The van der Waals surface area contributed by atoms with Gasteiger partial charge < -0.3 is 14.7 Å². The molecule has 4 heteroatoms. The minimum Gasteiger partial charge on any atom is -0.483 e. The zero-order valence-electron chi connectivity index (χ0n) is 14.0. The number of β-amino-alcohol motifs (C(OH)–C–C–N with tert-alkyl or cyclic N) is 1. The van der Waals surface area contributed by atoms with E-state index in [1.54, 1.807) is 4.90 Å². The highest BCUT2D eigenvalue weighted by Gasteiger charge is 2.27. The van der Waals surface area contributed by atoms with Crippen LogP contribution in [-0.4, -0.2) is 41.7 Å². The second-order valence-electron chi connectivity index (χ2n) is 6.66. The molecule has 1 N–H and O–H groups in total. The van der Waals surface area contributed by atoms with Crippen LogP contribution in [0.25, 0.3) is 0 Å². The van der Waals surface area contributed by atoms with Crippen LogP contribution in [0.15, 0.2) is 18.2 Å². The number of amides is 1. The molecule has 1 heterocycles. The Morgan fingerprint density at radius 3 is 2.82 bits per heavy atom. The van der Waals surface area contributed by atoms with E-state index < -0.39 is 6.10 Å². The van der Waals surface area contributed by atoms with Crippen LogP contribution in [-0.2, 0) is 4.79 Å². The lowest BCUT2D eigenvalue weighted by molar-refractivity contribution is -0.137. The lowest BCUT2D eigenvalue weighted by Crippen LogP contribution is -2.47. The van der Waals surface area contributed by atoms with Crippen LogP contribution in [0.5, 0.6) is 5.75 Å². The smallest absolute Gasteiger partial charge is 0.260 e. The van der Waals surface area contributed by atoms with Gasteiger partial charge in [0.2, 0.25) is 0 Å². The number of benzene rings is 1. The van der Waals surface area contributed by atoms with Crippen molar-refractivity contribution in [3.05, 3.63) is 29.3 Å². The first-order valence-corrected chi connectivity index (χ1v) is 8.07. The van der Waals surface area contributed by atoms with Crippen LogP contribution in [0, 0.1) is 12.8 Å². The molecule has 2 atom stereocenters. The second-order valence-corrected chi connectivity index (χ2v) is 6.66. The maximum absolute atomic E-state index is 12.3. The Labute approximate surface area is 133 Å². The van der Waals surface area contributed by atoms with E-state index in [9.17, 15) is 9.90 Å². The fraction of sp³-hybridized carbons (Fsp3) is 0.611. The van der Waals surface area contributed by atoms with Gasteiger partial charge in [-0.1, -0.05) is 32.9 Å². The Hall–Kier alpha value is -1.55. The van der Waals surface area contributed by atoms with Crippen LogP contribution in [0.2, 0.25) is 0 Å². The lowest BCUT2D eigenvalue weighted by atomic mass is 9.96. The molecule has 0 aliphatic carbocycles. The largest absolute Gasteiger partial charge is 0.483 e. The molecule has 0 aromatic heterocycles. The molecule has 0 radical (unpaired) electrons. The quantitative estimate of drug-likeness (QED) is 0.930. The van der Waals surface area contributed by atoms with Crippen molar-refractivity contribution in [3.63, 3.8) is 0 Å². The first kappa shape index (κ1) is 16.8. The number of ether oxygens (including phenoxy) is 1. The van der Waals surface area contributed by atoms with Gasteiger partial charge in [0.1, 0.15) is 5.75 Å². The molecule has 1 fully saturated rings. The molecule has 0 bridgehead atoms. The summed E-state index contributed by atoms with van der Waals surface area (Å²) in [5.41, 5.74) is 2.24. The predicted molar refractivity (Wildman–Crippen MR) is 87.1 cm³/mol. The Bertz CT molecular complexity index is 527. The van der Waals surface area contributed by atoms with Gasteiger partial charge in [-0.3, -0.25) is 4.79 Å². The Balaban J connectivity index is 1.98. The van der Waals surface area contributed by atoms with Gasteiger partial charge in [-0.15, -0.1) is 0 Å². The minimum atomic E-state index is -0.428. The number of carbonyl (C=O) groups is 1. The molecule has 1 aromatic carbocycles. The number of piperidine rings is 1. The van der Waals surface area contributed by atoms with E-state index in [2.05, 4.69) is 26.0 Å².